The van der Waals surface area contributed by atoms with Gasteiger partial charge in [-0.2, -0.15) is 5.26 Å². The van der Waals surface area contributed by atoms with E-state index in [-0.39, 0.29) is 18.0 Å². The Morgan fingerprint density at radius 3 is 3.00 bits per heavy atom. The molecule has 1 aromatic heterocycles. The largest absolute Gasteiger partial charge is 0.506 e. The van der Waals surface area contributed by atoms with Crippen molar-refractivity contribution in [1.82, 2.24) is 10.3 Å². The number of phenols is 1. The molecule has 5 nitrogen and oxygen atoms in total. The molecule has 0 fully saturated rings. The van der Waals surface area contributed by atoms with Crippen LogP contribution in [-0.2, 0) is 0 Å². The van der Waals surface area contributed by atoms with Gasteiger partial charge in [0.05, 0.1) is 6.07 Å². The topological polar surface area (TPSA) is 86.0 Å². The minimum absolute atomic E-state index is 0.0254. The second-order valence-corrected chi connectivity index (χ2v) is 3.39. The van der Waals surface area contributed by atoms with Gasteiger partial charge in [0.2, 0.25) is 0 Å². The fraction of sp³-hybridized carbons (Fsp3) is 0.0833. The number of aromatic hydroxyl groups is 1. The summed E-state index contributed by atoms with van der Waals surface area (Å²) in [6.07, 6.45) is 0. The second kappa shape index (κ2) is 4.49. The van der Waals surface area contributed by atoms with E-state index in [9.17, 15) is 9.90 Å². The number of hydrogen-bond donors (Lipinski definition) is 2. The number of amides is 1. The predicted octanol–water partition coefficient (Wildman–Crippen LogP) is 1.19. The van der Waals surface area contributed by atoms with E-state index in [1.165, 1.54) is 6.07 Å². The number of phenolic OH excluding ortho intramolecular Hbond substituents is 1. The van der Waals surface area contributed by atoms with Crippen LogP contribution in [0.25, 0.3) is 10.9 Å². The smallest absolute Gasteiger partial charge is 0.270 e. The maximum absolute atomic E-state index is 11.6. The molecule has 84 valence electrons. The third-order valence-corrected chi connectivity index (χ3v) is 2.26. The van der Waals surface area contributed by atoms with Crippen LogP contribution < -0.4 is 5.32 Å². The highest BCUT2D eigenvalue weighted by Crippen LogP contribution is 2.22. The summed E-state index contributed by atoms with van der Waals surface area (Å²) in [6, 6.07) is 10.1. The predicted molar refractivity (Wildman–Crippen MR) is 61.4 cm³/mol. The SMILES string of the molecule is N#CCNC(=O)c1ccc2cccc(O)c2n1. The van der Waals surface area contributed by atoms with Gasteiger partial charge >= 0.3 is 0 Å². The molecule has 0 aliphatic heterocycles. The highest BCUT2D eigenvalue weighted by Gasteiger charge is 2.08. The van der Waals surface area contributed by atoms with Crippen LogP contribution in [0.3, 0.4) is 0 Å². The first-order chi connectivity index (χ1) is 8.22. The Bertz CT molecular complexity index is 617. The molecule has 17 heavy (non-hydrogen) atoms. The lowest BCUT2D eigenvalue weighted by Gasteiger charge is -2.03. The Morgan fingerprint density at radius 1 is 1.41 bits per heavy atom. The zero-order valence-corrected chi connectivity index (χ0v) is 8.84. The zero-order chi connectivity index (χ0) is 12.3. The molecule has 0 aliphatic carbocycles. The van der Waals surface area contributed by atoms with E-state index >= 15 is 0 Å². The summed E-state index contributed by atoms with van der Waals surface area (Å²) in [7, 11) is 0. The van der Waals surface area contributed by atoms with E-state index < -0.39 is 5.91 Å². The van der Waals surface area contributed by atoms with Gasteiger partial charge in [0.25, 0.3) is 5.91 Å². The van der Waals surface area contributed by atoms with Crippen molar-refractivity contribution in [1.29, 1.82) is 5.26 Å². The average Bonchev–Trinajstić information content (AvgIpc) is 2.36. The molecule has 5 heteroatoms. The summed E-state index contributed by atoms with van der Waals surface area (Å²) in [5.74, 6) is -0.408. The number of para-hydroxylation sites is 1. The summed E-state index contributed by atoms with van der Waals surface area (Å²) in [4.78, 5) is 15.6. The van der Waals surface area contributed by atoms with Crippen molar-refractivity contribution in [2.45, 2.75) is 0 Å². The summed E-state index contributed by atoms with van der Waals surface area (Å²) in [5.41, 5.74) is 0.548. The molecule has 0 atom stereocenters. The Balaban J connectivity index is 2.41. The van der Waals surface area contributed by atoms with Crippen LogP contribution in [0.1, 0.15) is 10.5 Å². The fourth-order valence-corrected chi connectivity index (χ4v) is 1.47. The summed E-state index contributed by atoms with van der Waals surface area (Å²) in [5, 5.41) is 21.1. The molecule has 0 unspecified atom stereocenters. The number of fused-ring (bicyclic) bond motifs is 1. The highest BCUT2D eigenvalue weighted by molar-refractivity contribution is 5.95. The number of carbonyl (C=O) groups excluding carboxylic acids is 1. The van der Waals surface area contributed by atoms with E-state index in [1.807, 2.05) is 6.07 Å². The summed E-state index contributed by atoms with van der Waals surface area (Å²) < 4.78 is 0. The molecule has 0 spiro atoms. The molecule has 1 amide bonds. The number of nitriles is 1. The van der Waals surface area contributed by atoms with Crippen LogP contribution in [0.2, 0.25) is 0 Å². The van der Waals surface area contributed by atoms with Crippen LogP contribution in [-0.4, -0.2) is 22.5 Å². The van der Waals surface area contributed by atoms with E-state index in [1.54, 1.807) is 24.3 Å². The molecule has 0 saturated carbocycles. The number of pyridine rings is 1. The van der Waals surface area contributed by atoms with E-state index in [0.29, 0.717) is 5.52 Å². The number of hydrogen-bond acceptors (Lipinski definition) is 4. The fourth-order valence-electron chi connectivity index (χ4n) is 1.47. The van der Waals surface area contributed by atoms with Gasteiger partial charge in [-0.25, -0.2) is 4.98 Å². The van der Waals surface area contributed by atoms with Gasteiger partial charge in [-0.05, 0) is 12.1 Å². The van der Waals surface area contributed by atoms with Gasteiger partial charge in [-0.15, -0.1) is 0 Å². The third kappa shape index (κ3) is 2.16. The first-order valence-electron chi connectivity index (χ1n) is 4.96. The maximum Gasteiger partial charge on any atom is 0.270 e. The number of nitrogens with zero attached hydrogens (tertiary/aromatic N) is 2. The standard InChI is InChI=1S/C12H9N3O2/c13-6-7-14-12(17)9-5-4-8-2-1-3-10(16)11(8)15-9/h1-5,16H,7H2,(H,14,17). The Labute approximate surface area is 97.3 Å². The lowest BCUT2D eigenvalue weighted by atomic mass is 10.2. The number of nitrogens with one attached hydrogen (secondary N) is 1. The molecular formula is C12H9N3O2. The molecule has 0 radical (unpaired) electrons. The van der Waals surface area contributed by atoms with Crippen molar-refractivity contribution in [3.63, 3.8) is 0 Å². The van der Waals surface area contributed by atoms with Crippen molar-refractivity contribution in [3.8, 4) is 11.8 Å². The Morgan fingerprint density at radius 2 is 2.24 bits per heavy atom. The Kier molecular flexibility index (Phi) is 2.88. The average molecular weight is 227 g/mol. The highest BCUT2D eigenvalue weighted by atomic mass is 16.3. The zero-order valence-electron chi connectivity index (χ0n) is 8.84. The van der Waals surface area contributed by atoms with Crippen LogP contribution >= 0.6 is 0 Å². The first kappa shape index (κ1) is 10.9. The van der Waals surface area contributed by atoms with Crippen molar-refractivity contribution < 1.29 is 9.90 Å². The van der Waals surface area contributed by atoms with Crippen molar-refractivity contribution in [3.05, 3.63) is 36.0 Å². The third-order valence-electron chi connectivity index (χ3n) is 2.26. The maximum atomic E-state index is 11.6. The van der Waals surface area contributed by atoms with Gasteiger partial charge in [0.1, 0.15) is 23.5 Å². The minimum atomic E-state index is -0.434. The molecule has 0 bridgehead atoms. The lowest BCUT2D eigenvalue weighted by Crippen LogP contribution is -2.24. The number of benzene rings is 1. The van der Waals surface area contributed by atoms with Crippen LogP contribution in [0.5, 0.6) is 5.75 Å². The molecule has 2 rings (SSSR count). The quantitative estimate of drug-likeness (QED) is 0.754. The second-order valence-electron chi connectivity index (χ2n) is 3.39. The monoisotopic (exact) mass is 227 g/mol. The molecule has 2 aromatic rings. The molecule has 0 aliphatic rings. The normalized spacial score (nSPS) is 9.82. The minimum Gasteiger partial charge on any atom is -0.506 e. The molecule has 1 aromatic carbocycles. The molecule has 0 saturated heterocycles. The van der Waals surface area contributed by atoms with Gasteiger partial charge in [0, 0.05) is 5.39 Å². The van der Waals surface area contributed by atoms with Crippen LogP contribution in [0, 0.1) is 11.3 Å². The number of aromatic nitrogens is 1. The molecule has 1 heterocycles. The summed E-state index contributed by atoms with van der Waals surface area (Å²) in [6.45, 7) is -0.0701. The van der Waals surface area contributed by atoms with E-state index in [4.69, 9.17) is 5.26 Å². The first-order valence-corrected chi connectivity index (χ1v) is 4.96. The number of carbonyl (C=O) groups is 1. The van der Waals surface area contributed by atoms with Crippen LogP contribution in [0.4, 0.5) is 0 Å². The number of rotatable bonds is 2. The van der Waals surface area contributed by atoms with E-state index in [2.05, 4.69) is 10.3 Å². The molecule has 2 N–H and O–H groups in total. The van der Waals surface area contributed by atoms with Gasteiger partial charge in [0.15, 0.2) is 0 Å². The van der Waals surface area contributed by atoms with Crippen molar-refractivity contribution in [2.24, 2.45) is 0 Å². The van der Waals surface area contributed by atoms with Gasteiger partial charge in [-0.1, -0.05) is 18.2 Å². The van der Waals surface area contributed by atoms with Crippen molar-refractivity contribution >= 4 is 16.8 Å². The Hall–Kier alpha value is -2.61. The van der Waals surface area contributed by atoms with Crippen molar-refractivity contribution in [2.75, 3.05) is 6.54 Å². The van der Waals surface area contributed by atoms with Gasteiger partial charge in [-0.3, -0.25) is 4.79 Å². The van der Waals surface area contributed by atoms with E-state index in [0.717, 1.165) is 5.39 Å². The molecular weight excluding hydrogens is 218 g/mol. The van der Waals surface area contributed by atoms with Crippen LogP contribution in [0.15, 0.2) is 30.3 Å². The lowest BCUT2D eigenvalue weighted by molar-refractivity contribution is 0.0954. The van der Waals surface area contributed by atoms with Gasteiger partial charge < -0.3 is 10.4 Å². The summed E-state index contributed by atoms with van der Waals surface area (Å²) >= 11 is 0.